The van der Waals surface area contributed by atoms with Crippen molar-refractivity contribution in [2.24, 2.45) is 13.0 Å². The van der Waals surface area contributed by atoms with Gasteiger partial charge in [0, 0.05) is 19.2 Å². The van der Waals surface area contributed by atoms with Crippen LogP contribution in [0.5, 0.6) is 0 Å². The second kappa shape index (κ2) is 7.15. The van der Waals surface area contributed by atoms with Gasteiger partial charge >= 0.3 is 5.76 Å². The summed E-state index contributed by atoms with van der Waals surface area (Å²) in [4.78, 5) is 24.1. The summed E-state index contributed by atoms with van der Waals surface area (Å²) in [6.07, 6.45) is 0.283. The summed E-state index contributed by atoms with van der Waals surface area (Å²) in [5, 5.41) is 2.87. The summed E-state index contributed by atoms with van der Waals surface area (Å²) in [6.45, 7) is 4.07. The number of halogens is 1. The van der Waals surface area contributed by atoms with Gasteiger partial charge in [0.1, 0.15) is 5.82 Å². The predicted octanol–water partition coefficient (Wildman–Crippen LogP) is 4.04. The van der Waals surface area contributed by atoms with Gasteiger partial charge in [-0.3, -0.25) is 9.36 Å². The fraction of sp³-hybridized carbons (Fsp3) is 0.300. The van der Waals surface area contributed by atoms with Gasteiger partial charge in [0.25, 0.3) is 0 Å². The number of anilines is 1. The topological polar surface area (TPSA) is 64.2 Å². The summed E-state index contributed by atoms with van der Waals surface area (Å²) >= 11 is 0. The fourth-order valence-corrected chi connectivity index (χ4v) is 3.06. The van der Waals surface area contributed by atoms with Crippen LogP contribution in [0.25, 0.3) is 11.1 Å². The molecule has 0 aliphatic heterocycles. The molecule has 1 N–H and O–H groups in total. The van der Waals surface area contributed by atoms with Gasteiger partial charge in [-0.2, -0.15) is 0 Å². The molecule has 0 aliphatic carbocycles. The molecule has 1 unspecified atom stereocenters. The highest BCUT2D eigenvalue weighted by Crippen LogP contribution is 2.29. The molecule has 0 aliphatic rings. The number of hydrogen-bond donors (Lipinski definition) is 1. The number of carbonyl (C=O) groups is 1. The molecule has 0 fully saturated rings. The lowest BCUT2D eigenvalue weighted by atomic mass is 9.85. The van der Waals surface area contributed by atoms with Gasteiger partial charge < -0.3 is 9.73 Å². The third-order valence-corrected chi connectivity index (χ3v) is 4.58. The molecule has 136 valence electrons. The first-order valence-corrected chi connectivity index (χ1v) is 8.50. The molecule has 0 saturated heterocycles. The van der Waals surface area contributed by atoms with Crippen molar-refractivity contribution in [1.82, 2.24) is 4.57 Å². The monoisotopic (exact) mass is 356 g/mol. The molecule has 3 aromatic rings. The fourth-order valence-electron chi connectivity index (χ4n) is 3.06. The second-order valence-corrected chi connectivity index (χ2v) is 6.76. The molecule has 0 spiro atoms. The quantitative estimate of drug-likeness (QED) is 0.750. The van der Waals surface area contributed by atoms with Gasteiger partial charge in [-0.1, -0.05) is 26.0 Å². The maximum absolute atomic E-state index is 13.2. The first-order valence-electron chi connectivity index (χ1n) is 8.50. The molecule has 1 amide bonds. The number of rotatable bonds is 5. The van der Waals surface area contributed by atoms with E-state index in [1.54, 1.807) is 37.4 Å². The number of fused-ring (bicyclic) bond motifs is 1. The Hall–Kier alpha value is -2.89. The molecular weight excluding hydrogens is 335 g/mol. The normalized spacial score (nSPS) is 12.5. The van der Waals surface area contributed by atoms with Gasteiger partial charge in [0.2, 0.25) is 5.91 Å². The Morgan fingerprint density at radius 2 is 1.88 bits per heavy atom. The van der Waals surface area contributed by atoms with Crippen LogP contribution >= 0.6 is 0 Å². The van der Waals surface area contributed by atoms with E-state index in [-0.39, 0.29) is 30.0 Å². The van der Waals surface area contributed by atoms with Crippen LogP contribution in [0.3, 0.4) is 0 Å². The van der Waals surface area contributed by atoms with Crippen molar-refractivity contribution in [2.45, 2.75) is 26.2 Å². The van der Waals surface area contributed by atoms with Crippen LogP contribution < -0.4 is 11.1 Å². The number of amides is 1. The van der Waals surface area contributed by atoms with E-state index in [1.165, 1.54) is 16.7 Å². The summed E-state index contributed by atoms with van der Waals surface area (Å²) in [6, 6.07) is 11.3. The number of carbonyl (C=O) groups excluding carboxylic acids is 1. The Labute approximate surface area is 150 Å². The lowest BCUT2D eigenvalue weighted by Gasteiger charge is -2.21. The molecule has 26 heavy (non-hydrogen) atoms. The Bertz CT molecular complexity index is 986. The van der Waals surface area contributed by atoms with Gasteiger partial charge in [-0.05, 0) is 47.7 Å². The van der Waals surface area contributed by atoms with Crippen LogP contribution in [-0.2, 0) is 11.8 Å². The average molecular weight is 356 g/mol. The van der Waals surface area contributed by atoms with E-state index < -0.39 is 5.76 Å². The van der Waals surface area contributed by atoms with Crippen molar-refractivity contribution >= 4 is 22.7 Å². The van der Waals surface area contributed by atoms with E-state index in [4.69, 9.17) is 4.42 Å². The number of nitrogens with zero attached hydrogens (tertiary/aromatic N) is 1. The van der Waals surface area contributed by atoms with E-state index in [0.29, 0.717) is 16.8 Å². The minimum atomic E-state index is -0.445. The smallest absolute Gasteiger partial charge is 0.408 e. The third kappa shape index (κ3) is 3.69. The zero-order chi connectivity index (χ0) is 18.8. The molecule has 0 radical (unpaired) electrons. The van der Waals surface area contributed by atoms with Crippen molar-refractivity contribution in [2.75, 3.05) is 5.32 Å². The molecule has 1 heterocycles. The minimum absolute atomic E-state index is 0.0161. The Balaban J connectivity index is 1.77. The SMILES string of the molecule is CC(C)C(CC(=O)Nc1ccc2oc(=O)n(C)c2c1)c1ccc(F)cc1. The van der Waals surface area contributed by atoms with Crippen LogP contribution in [0.2, 0.25) is 0 Å². The van der Waals surface area contributed by atoms with Crippen LogP contribution in [0, 0.1) is 11.7 Å². The predicted molar refractivity (Wildman–Crippen MR) is 98.7 cm³/mol. The minimum Gasteiger partial charge on any atom is -0.408 e. The van der Waals surface area contributed by atoms with Gasteiger partial charge in [0.15, 0.2) is 5.58 Å². The van der Waals surface area contributed by atoms with Crippen molar-refractivity contribution in [3.63, 3.8) is 0 Å². The first-order chi connectivity index (χ1) is 12.3. The van der Waals surface area contributed by atoms with E-state index in [0.717, 1.165) is 5.56 Å². The molecule has 1 aromatic heterocycles. The molecule has 2 aromatic carbocycles. The van der Waals surface area contributed by atoms with Crippen molar-refractivity contribution in [3.05, 3.63) is 64.4 Å². The number of nitrogens with one attached hydrogen (secondary N) is 1. The molecule has 3 rings (SSSR count). The number of aryl methyl sites for hydroxylation is 1. The third-order valence-electron chi connectivity index (χ3n) is 4.58. The van der Waals surface area contributed by atoms with E-state index in [2.05, 4.69) is 5.32 Å². The van der Waals surface area contributed by atoms with Crippen molar-refractivity contribution < 1.29 is 13.6 Å². The standard InChI is InChI=1S/C20H21FN2O3/c1-12(2)16(13-4-6-14(21)7-5-13)11-19(24)22-15-8-9-18-17(10-15)23(3)20(25)26-18/h4-10,12,16H,11H2,1-3H3,(H,22,24). The Morgan fingerprint density at radius 1 is 1.19 bits per heavy atom. The number of hydrogen-bond acceptors (Lipinski definition) is 3. The highest BCUT2D eigenvalue weighted by molar-refractivity contribution is 5.93. The summed E-state index contributed by atoms with van der Waals surface area (Å²) in [5.41, 5.74) is 2.62. The maximum Gasteiger partial charge on any atom is 0.419 e. The first kappa shape index (κ1) is 17.9. The Kier molecular flexibility index (Phi) is 4.93. The van der Waals surface area contributed by atoms with E-state index in [1.807, 2.05) is 13.8 Å². The van der Waals surface area contributed by atoms with Gasteiger partial charge in [0.05, 0.1) is 5.52 Å². The summed E-state index contributed by atoms with van der Waals surface area (Å²) in [7, 11) is 1.61. The zero-order valence-corrected chi connectivity index (χ0v) is 15.0. The number of oxazole rings is 1. The van der Waals surface area contributed by atoms with Gasteiger partial charge in [-0.15, -0.1) is 0 Å². The summed E-state index contributed by atoms with van der Waals surface area (Å²) < 4.78 is 19.6. The number of aromatic nitrogens is 1. The highest BCUT2D eigenvalue weighted by atomic mass is 19.1. The van der Waals surface area contributed by atoms with Crippen LogP contribution in [0.15, 0.2) is 51.7 Å². The zero-order valence-electron chi connectivity index (χ0n) is 15.0. The molecule has 5 nitrogen and oxygen atoms in total. The van der Waals surface area contributed by atoms with Crippen LogP contribution in [0.1, 0.15) is 31.7 Å². The van der Waals surface area contributed by atoms with E-state index in [9.17, 15) is 14.0 Å². The van der Waals surface area contributed by atoms with Crippen LogP contribution in [0.4, 0.5) is 10.1 Å². The van der Waals surface area contributed by atoms with Crippen LogP contribution in [-0.4, -0.2) is 10.5 Å². The molecule has 0 saturated carbocycles. The van der Waals surface area contributed by atoms with Gasteiger partial charge in [-0.25, -0.2) is 9.18 Å². The molecule has 0 bridgehead atoms. The van der Waals surface area contributed by atoms with E-state index >= 15 is 0 Å². The lowest BCUT2D eigenvalue weighted by molar-refractivity contribution is -0.116. The second-order valence-electron chi connectivity index (χ2n) is 6.76. The van der Waals surface area contributed by atoms with Crippen molar-refractivity contribution in [1.29, 1.82) is 0 Å². The maximum atomic E-state index is 13.2. The lowest BCUT2D eigenvalue weighted by Crippen LogP contribution is -2.18. The van der Waals surface area contributed by atoms with Crippen molar-refractivity contribution in [3.8, 4) is 0 Å². The summed E-state index contributed by atoms with van der Waals surface area (Å²) in [5.74, 6) is -0.665. The largest absolute Gasteiger partial charge is 0.419 e. The molecular formula is C20H21FN2O3. The highest BCUT2D eigenvalue weighted by Gasteiger charge is 2.20. The Morgan fingerprint density at radius 3 is 2.54 bits per heavy atom. The molecule has 1 atom stereocenters. The average Bonchev–Trinajstić information content (AvgIpc) is 2.88. The molecule has 6 heteroatoms. The number of benzene rings is 2.